The molecular weight excluding hydrogens is 142 g/mol. The monoisotopic (exact) mass is 155 g/mol. The summed E-state index contributed by atoms with van der Waals surface area (Å²) in [6.07, 6.45) is 3.55. The molecule has 11 heavy (non-hydrogen) atoms. The predicted molar refractivity (Wildman–Crippen MR) is 40.2 cm³/mol. The van der Waals surface area contributed by atoms with Gasteiger partial charge < -0.3 is 9.64 Å². The topological polar surface area (TPSA) is 29.5 Å². The third kappa shape index (κ3) is 1.25. The summed E-state index contributed by atoms with van der Waals surface area (Å²) in [5.41, 5.74) is 0. The van der Waals surface area contributed by atoms with Crippen molar-refractivity contribution in [1.82, 2.24) is 4.90 Å². The molecule has 0 saturated carbocycles. The fourth-order valence-corrected chi connectivity index (χ4v) is 1.87. The average molecular weight is 155 g/mol. The number of carbonyl (C=O) groups is 1. The number of fused-ring (bicyclic) bond motifs is 1. The maximum Gasteiger partial charge on any atom is 0.248 e. The maximum atomic E-state index is 11.2. The normalized spacial score (nSPS) is 31.8. The highest BCUT2D eigenvalue weighted by Gasteiger charge is 2.30. The van der Waals surface area contributed by atoms with Gasteiger partial charge in [0.05, 0.1) is 12.6 Å². The highest BCUT2D eigenvalue weighted by atomic mass is 16.5. The van der Waals surface area contributed by atoms with Crippen LogP contribution >= 0.6 is 0 Å². The summed E-state index contributed by atoms with van der Waals surface area (Å²) in [7, 11) is 0. The first-order valence-electron chi connectivity index (χ1n) is 4.25. The van der Waals surface area contributed by atoms with E-state index < -0.39 is 0 Å². The number of ether oxygens (including phenoxy) is 1. The summed E-state index contributed by atoms with van der Waals surface area (Å²) in [6, 6.07) is 0.394. The Bertz CT molecular complexity index is 167. The second-order valence-corrected chi connectivity index (χ2v) is 3.25. The zero-order chi connectivity index (χ0) is 7.68. The van der Waals surface area contributed by atoms with Gasteiger partial charge in [-0.3, -0.25) is 4.79 Å². The maximum absolute atomic E-state index is 11.2. The number of carbonyl (C=O) groups excluding carboxylic acids is 1. The molecule has 2 heterocycles. The molecule has 1 amide bonds. The molecule has 2 rings (SSSR count). The number of amides is 1. The Balaban J connectivity index is 2.05. The van der Waals surface area contributed by atoms with Crippen LogP contribution in [0.5, 0.6) is 0 Å². The predicted octanol–water partition coefficient (Wildman–Crippen LogP) is 0.398. The van der Waals surface area contributed by atoms with Gasteiger partial charge in [0.25, 0.3) is 0 Å². The summed E-state index contributed by atoms with van der Waals surface area (Å²) in [5.74, 6) is 0.181. The Morgan fingerprint density at radius 2 is 2.36 bits per heavy atom. The number of morpholine rings is 1. The van der Waals surface area contributed by atoms with E-state index in [0.29, 0.717) is 12.6 Å². The van der Waals surface area contributed by atoms with Gasteiger partial charge in [0.2, 0.25) is 5.91 Å². The van der Waals surface area contributed by atoms with E-state index in [2.05, 4.69) is 0 Å². The molecule has 1 atom stereocenters. The van der Waals surface area contributed by atoms with E-state index in [1.54, 1.807) is 0 Å². The number of hydrogen-bond donors (Lipinski definition) is 0. The molecule has 2 aliphatic rings. The lowest BCUT2D eigenvalue weighted by Gasteiger charge is -2.38. The zero-order valence-corrected chi connectivity index (χ0v) is 6.58. The van der Waals surface area contributed by atoms with Gasteiger partial charge >= 0.3 is 0 Å². The molecule has 2 saturated heterocycles. The standard InChI is InChI=1S/C8H13NO2/c10-8-6-11-5-7-3-1-2-4-9(7)8/h7H,1-6H2/t7-/m0/s1. The van der Waals surface area contributed by atoms with E-state index in [9.17, 15) is 4.79 Å². The zero-order valence-electron chi connectivity index (χ0n) is 6.58. The molecular formula is C8H13NO2. The van der Waals surface area contributed by atoms with Crippen molar-refractivity contribution >= 4 is 5.91 Å². The molecule has 2 aliphatic heterocycles. The Morgan fingerprint density at radius 1 is 1.45 bits per heavy atom. The van der Waals surface area contributed by atoms with Crippen LogP contribution in [0.1, 0.15) is 19.3 Å². The minimum Gasteiger partial charge on any atom is -0.369 e. The van der Waals surface area contributed by atoms with E-state index in [0.717, 1.165) is 19.6 Å². The van der Waals surface area contributed by atoms with Crippen LogP contribution in [0, 0.1) is 0 Å². The van der Waals surface area contributed by atoms with Crippen molar-refractivity contribution in [2.75, 3.05) is 19.8 Å². The van der Waals surface area contributed by atoms with E-state index >= 15 is 0 Å². The first-order valence-corrected chi connectivity index (χ1v) is 4.25. The van der Waals surface area contributed by atoms with Crippen molar-refractivity contribution in [3.8, 4) is 0 Å². The molecule has 0 aromatic rings. The molecule has 62 valence electrons. The highest BCUT2D eigenvalue weighted by molar-refractivity contribution is 5.78. The molecule has 3 nitrogen and oxygen atoms in total. The van der Waals surface area contributed by atoms with Crippen molar-refractivity contribution in [1.29, 1.82) is 0 Å². The largest absolute Gasteiger partial charge is 0.369 e. The second kappa shape index (κ2) is 2.81. The van der Waals surface area contributed by atoms with Crippen molar-refractivity contribution in [3.63, 3.8) is 0 Å². The fraction of sp³-hybridized carbons (Fsp3) is 0.875. The molecule has 0 bridgehead atoms. The van der Waals surface area contributed by atoms with Gasteiger partial charge in [-0.1, -0.05) is 0 Å². The summed E-state index contributed by atoms with van der Waals surface area (Å²) >= 11 is 0. The summed E-state index contributed by atoms with van der Waals surface area (Å²) in [6.45, 7) is 2.01. The van der Waals surface area contributed by atoms with Crippen molar-refractivity contribution < 1.29 is 9.53 Å². The van der Waals surface area contributed by atoms with Crippen LogP contribution in [0.3, 0.4) is 0 Å². The first kappa shape index (κ1) is 7.10. The van der Waals surface area contributed by atoms with E-state index in [4.69, 9.17) is 4.74 Å². The van der Waals surface area contributed by atoms with Crippen LogP contribution in [-0.2, 0) is 9.53 Å². The van der Waals surface area contributed by atoms with Gasteiger partial charge in [-0.15, -0.1) is 0 Å². The lowest BCUT2D eigenvalue weighted by molar-refractivity contribution is -0.150. The van der Waals surface area contributed by atoms with Crippen LogP contribution in [0.4, 0.5) is 0 Å². The number of hydrogen-bond acceptors (Lipinski definition) is 2. The molecule has 0 aromatic heterocycles. The quantitative estimate of drug-likeness (QED) is 0.506. The van der Waals surface area contributed by atoms with Crippen molar-refractivity contribution in [2.24, 2.45) is 0 Å². The number of piperidine rings is 1. The highest BCUT2D eigenvalue weighted by Crippen LogP contribution is 2.19. The van der Waals surface area contributed by atoms with Crippen LogP contribution < -0.4 is 0 Å². The SMILES string of the molecule is O=C1COC[C@@H]2CCCCN12. The van der Waals surface area contributed by atoms with Crippen LogP contribution in [-0.4, -0.2) is 36.6 Å². The molecule has 0 unspecified atom stereocenters. The molecule has 0 aliphatic carbocycles. The van der Waals surface area contributed by atoms with Gasteiger partial charge in [-0.2, -0.15) is 0 Å². The Hall–Kier alpha value is -0.570. The van der Waals surface area contributed by atoms with Gasteiger partial charge in [-0.05, 0) is 19.3 Å². The summed E-state index contributed by atoms with van der Waals surface area (Å²) < 4.78 is 5.16. The molecule has 0 aromatic carbocycles. The van der Waals surface area contributed by atoms with Gasteiger partial charge in [0, 0.05) is 6.54 Å². The molecule has 2 fully saturated rings. The van der Waals surface area contributed by atoms with Crippen LogP contribution in [0.2, 0.25) is 0 Å². The third-order valence-corrected chi connectivity index (χ3v) is 2.48. The Morgan fingerprint density at radius 3 is 3.18 bits per heavy atom. The van der Waals surface area contributed by atoms with E-state index in [1.807, 2.05) is 4.90 Å². The van der Waals surface area contributed by atoms with Crippen LogP contribution in [0.25, 0.3) is 0 Å². The first-order chi connectivity index (χ1) is 5.38. The lowest BCUT2D eigenvalue weighted by atomic mass is 10.0. The Labute approximate surface area is 66.3 Å². The second-order valence-electron chi connectivity index (χ2n) is 3.25. The van der Waals surface area contributed by atoms with E-state index in [1.165, 1.54) is 12.8 Å². The van der Waals surface area contributed by atoms with Crippen molar-refractivity contribution in [2.45, 2.75) is 25.3 Å². The molecule has 3 heteroatoms. The Kier molecular flexibility index (Phi) is 1.82. The third-order valence-electron chi connectivity index (χ3n) is 2.48. The van der Waals surface area contributed by atoms with Gasteiger partial charge in [0.15, 0.2) is 0 Å². The number of rotatable bonds is 0. The minimum absolute atomic E-state index is 0.181. The summed E-state index contributed by atoms with van der Waals surface area (Å²) in [4.78, 5) is 13.2. The number of nitrogens with zero attached hydrogens (tertiary/aromatic N) is 1. The molecule has 0 N–H and O–H groups in total. The average Bonchev–Trinajstić information content (AvgIpc) is 2.06. The van der Waals surface area contributed by atoms with Gasteiger partial charge in [-0.25, -0.2) is 0 Å². The summed E-state index contributed by atoms with van der Waals surface area (Å²) in [5, 5.41) is 0. The minimum atomic E-state index is 0.181. The van der Waals surface area contributed by atoms with Crippen molar-refractivity contribution in [3.05, 3.63) is 0 Å². The van der Waals surface area contributed by atoms with E-state index in [-0.39, 0.29) is 5.91 Å². The smallest absolute Gasteiger partial charge is 0.248 e. The molecule has 0 radical (unpaired) electrons. The lowest BCUT2D eigenvalue weighted by Crippen LogP contribution is -2.51. The van der Waals surface area contributed by atoms with Crippen LogP contribution in [0.15, 0.2) is 0 Å². The molecule has 0 spiro atoms. The fourth-order valence-electron chi connectivity index (χ4n) is 1.87. The van der Waals surface area contributed by atoms with Gasteiger partial charge in [0.1, 0.15) is 6.61 Å².